The molecule has 2 N–H and O–H groups in total. The highest BCUT2D eigenvalue weighted by molar-refractivity contribution is 14.1. The van der Waals surface area contributed by atoms with E-state index in [0.29, 0.717) is 16.4 Å². The Morgan fingerprint density at radius 3 is 2.65 bits per heavy atom. The van der Waals surface area contributed by atoms with Crippen molar-refractivity contribution in [3.05, 3.63) is 45.9 Å². The van der Waals surface area contributed by atoms with Gasteiger partial charge in [-0.05, 0) is 53.6 Å². The molecular weight excluding hydrogens is 479 g/mol. The minimum absolute atomic E-state index is 0.0130. The molecule has 1 heterocycles. The number of hydrogen-bond acceptors (Lipinski definition) is 5. The van der Waals surface area contributed by atoms with E-state index < -0.39 is 26.9 Å². The summed E-state index contributed by atoms with van der Waals surface area (Å²) in [5.41, 5.74) is -0.246. The molecule has 0 spiro atoms. The number of anilines is 3. The highest BCUT2D eigenvalue weighted by Gasteiger charge is 2.36. The van der Waals surface area contributed by atoms with Crippen molar-refractivity contribution >= 4 is 60.8 Å². The predicted octanol–water partition coefficient (Wildman–Crippen LogP) is 4.36. The zero-order valence-corrected chi connectivity index (χ0v) is 16.1. The second-order valence-corrected chi connectivity index (χ2v) is 9.11. The highest BCUT2D eigenvalue weighted by Crippen LogP contribution is 2.38. The zero-order valence-electron chi connectivity index (χ0n) is 13.1. The first kappa shape index (κ1) is 17.5. The van der Waals surface area contributed by atoms with Gasteiger partial charge in [0.05, 0.1) is 16.6 Å². The second-order valence-electron chi connectivity index (χ2n) is 5.91. The van der Waals surface area contributed by atoms with Crippen molar-refractivity contribution in [2.45, 2.75) is 18.1 Å². The van der Waals surface area contributed by atoms with Crippen LogP contribution in [0.1, 0.15) is 12.8 Å². The molecule has 0 unspecified atom stereocenters. The molecule has 10 heteroatoms. The molecule has 1 saturated carbocycles. The third-order valence-electron chi connectivity index (χ3n) is 3.97. The molecule has 0 radical (unpaired) electrons. The first-order chi connectivity index (χ1) is 12.3. The van der Waals surface area contributed by atoms with Gasteiger partial charge in [0.25, 0.3) is 0 Å². The van der Waals surface area contributed by atoms with Crippen molar-refractivity contribution in [2.24, 2.45) is 0 Å². The zero-order chi connectivity index (χ0) is 18.5. The van der Waals surface area contributed by atoms with Crippen LogP contribution in [-0.4, -0.2) is 18.7 Å². The van der Waals surface area contributed by atoms with Crippen LogP contribution in [-0.2, 0) is 10.0 Å². The minimum Gasteiger partial charge on any atom is -0.443 e. The fraction of sp³-hybridized carbons (Fsp3) is 0.188. The number of nitrogens with one attached hydrogen (secondary N) is 2. The van der Waals surface area contributed by atoms with Crippen molar-refractivity contribution < 1.29 is 21.6 Å². The van der Waals surface area contributed by atoms with Gasteiger partial charge in [0.15, 0.2) is 17.8 Å². The standard InChI is InChI=1S/C16H12F2IN3O3S/c17-10-5-8(19)1-4-11(10)21-15-12(22-26(23,24)9-2-3-9)6-13-16(14(15)18)20-7-25-13/h1,4-7,9,21-22H,2-3H2. The van der Waals surface area contributed by atoms with Gasteiger partial charge in [-0.25, -0.2) is 22.2 Å². The summed E-state index contributed by atoms with van der Waals surface area (Å²) in [7, 11) is -3.65. The predicted molar refractivity (Wildman–Crippen MR) is 102 cm³/mol. The maximum absolute atomic E-state index is 14.9. The quantitative estimate of drug-likeness (QED) is 0.519. The van der Waals surface area contributed by atoms with E-state index in [9.17, 15) is 17.2 Å². The van der Waals surface area contributed by atoms with E-state index in [-0.39, 0.29) is 28.2 Å². The van der Waals surface area contributed by atoms with E-state index >= 15 is 0 Å². The van der Waals surface area contributed by atoms with Gasteiger partial charge in [0, 0.05) is 9.64 Å². The van der Waals surface area contributed by atoms with Gasteiger partial charge in [-0.15, -0.1) is 0 Å². The van der Waals surface area contributed by atoms with Gasteiger partial charge in [-0.2, -0.15) is 0 Å². The molecule has 0 saturated heterocycles. The number of oxazole rings is 1. The maximum atomic E-state index is 14.9. The topological polar surface area (TPSA) is 84.2 Å². The summed E-state index contributed by atoms with van der Waals surface area (Å²) in [5.74, 6) is -1.42. The summed E-state index contributed by atoms with van der Waals surface area (Å²) in [6, 6.07) is 5.71. The van der Waals surface area contributed by atoms with E-state index in [1.807, 2.05) is 22.6 Å². The molecule has 0 bridgehead atoms. The lowest BCUT2D eigenvalue weighted by Crippen LogP contribution is -2.18. The number of rotatable bonds is 5. The monoisotopic (exact) mass is 491 g/mol. The van der Waals surface area contributed by atoms with Gasteiger partial charge in [-0.3, -0.25) is 4.72 Å². The smallest absolute Gasteiger partial charge is 0.235 e. The Morgan fingerprint density at radius 1 is 1.19 bits per heavy atom. The first-order valence-electron chi connectivity index (χ1n) is 7.64. The van der Waals surface area contributed by atoms with E-state index in [4.69, 9.17) is 4.42 Å². The highest BCUT2D eigenvalue weighted by atomic mass is 127. The van der Waals surface area contributed by atoms with Crippen molar-refractivity contribution in [3.8, 4) is 0 Å². The van der Waals surface area contributed by atoms with E-state index in [0.717, 1.165) is 6.39 Å². The Morgan fingerprint density at radius 2 is 1.96 bits per heavy atom. The number of fused-ring (bicyclic) bond motifs is 1. The van der Waals surface area contributed by atoms with Gasteiger partial charge < -0.3 is 9.73 Å². The summed E-state index contributed by atoms with van der Waals surface area (Å²) in [4.78, 5) is 3.79. The molecule has 1 aliphatic carbocycles. The van der Waals surface area contributed by atoms with Crippen LogP contribution in [0.5, 0.6) is 0 Å². The molecule has 6 nitrogen and oxygen atoms in total. The Bertz CT molecular complexity index is 1110. The number of aromatic nitrogens is 1. The van der Waals surface area contributed by atoms with Crippen LogP contribution in [0, 0.1) is 15.2 Å². The summed E-state index contributed by atoms with van der Waals surface area (Å²) in [5, 5.41) is 2.14. The molecule has 0 aliphatic heterocycles. The number of sulfonamides is 1. The molecule has 1 aliphatic rings. The van der Waals surface area contributed by atoms with Gasteiger partial charge in [0.2, 0.25) is 10.0 Å². The third-order valence-corrected chi connectivity index (χ3v) is 6.50. The van der Waals surface area contributed by atoms with E-state index in [1.165, 1.54) is 18.2 Å². The average molecular weight is 491 g/mol. The van der Waals surface area contributed by atoms with Crippen molar-refractivity contribution in [3.63, 3.8) is 0 Å². The molecule has 3 aromatic rings. The Hall–Kier alpha value is -1.95. The minimum atomic E-state index is -3.65. The van der Waals surface area contributed by atoms with Crippen LogP contribution in [0.25, 0.3) is 11.1 Å². The molecular formula is C16H12F2IN3O3S. The van der Waals surface area contributed by atoms with E-state index in [1.54, 1.807) is 6.07 Å². The summed E-state index contributed by atoms with van der Waals surface area (Å²) in [6.45, 7) is 0. The molecule has 4 rings (SSSR count). The van der Waals surface area contributed by atoms with E-state index in [2.05, 4.69) is 15.0 Å². The molecule has 0 atom stereocenters. The fourth-order valence-electron chi connectivity index (χ4n) is 2.51. The van der Waals surface area contributed by atoms with Crippen molar-refractivity contribution in [1.29, 1.82) is 0 Å². The average Bonchev–Trinajstić information content (AvgIpc) is 3.33. The van der Waals surface area contributed by atoms with Crippen LogP contribution in [0.3, 0.4) is 0 Å². The van der Waals surface area contributed by atoms with Gasteiger partial charge in [-0.1, -0.05) is 0 Å². The van der Waals surface area contributed by atoms with Crippen LogP contribution in [0.2, 0.25) is 0 Å². The van der Waals surface area contributed by atoms with Gasteiger partial charge in [0.1, 0.15) is 17.0 Å². The largest absolute Gasteiger partial charge is 0.443 e. The molecule has 136 valence electrons. The molecule has 0 amide bonds. The summed E-state index contributed by atoms with van der Waals surface area (Å²) in [6.07, 6.45) is 2.16. The maximum Gasteiger partial charge on any atom is 0.235 e. The Labute approximate surface area is 161 Å². The van der Waals surface area contributed by atoms with Crippen molar-refractivity contribution in [1.82, 2.24) is 4.98 Å². The molecule has 26 heavy (non-hydrogen) atoms. The Kier molecular flexibility index (Phi) is 4.26. The SMILES string of the molecule is O=S(=O)(Nc1cc2ocnc2c(F)c1Nc1ccc(I)cc1F)C1CC1. The lowest BCUT2D eigenvalue weighted by molar-refractivity contribution is 0.599. The number of benzene rings is 2. The van der Waals surface area contributed by atoms with Crippen LogP contribution >= 0.6 is 22.6 Å². The summed E-state index contributed by atoms with van der Waals surface area (Å²) >= 11 is 1.95. The number of hydrogen-bond donors (Lipinski definition) is 2. The molecule has 2 aromatic carbocycles. The van der Waals surface area contributed by atoms with Crippen LogP contribution in [0.4, 0.5) is 25.8 Å². The van der Waals surface area contributed by atoms with Crippen molar-refractivity contribution in [2.75, 3.05) is 10.0 Å². The third kappa shape index (κ3) is 3.22. The lowest BCUT2D eigenvalue weighted by Gasteiger charge is -2.15. The number of halogens is 3. The fourth-order valence-corrected chi connectivity index (χ4v) is 4.35. The molecule has 1 fully saturated rings. The van der Waals surface area contributed by atoms with Crippen LogP contribution < -0.4 is 10.0 Å². The van der Waals surface area contributed by atoms with Gasteiger partial charge >= 0.3 is 0 Å². The summed E-state index contributed by atoms with van der Waals surface area (Å²) < 4.78 is 61.8. The normalized spacial score (nSPS) is 14.6. The first-order valence-corrected chi connectivity index (χ1v) is 10.3. The second kappa shape index (κ2) is 6.34. The Balaban J connectivity index is 1.82. The molecule has 1 aromatic heterocycles. The van der Waals surface area contributed by atoms with Crippen LogP contribution in [0.15, 0.2) is 35.1 Å². The number of nitrogens with zero attached hydrogens (tertiary/aromatic N) is 1. The lowest BCUT2D eigenvalue weighted by atomic mass is 10.2.